The highest BCUT2D eigenvalue weighted by Crippen LogP contribution is 2.20. The molecule has 1 amide bonds. The molecule has 0 atom stereocenters. The smallest absolute Gasteiger partial charge is 0.223 e. The number of hydrogen-bond donors (Lipinski definition) is 1. The molecule has 0 aromatic rings. The first-order valence-corrected chi connectivity index (χ1v) is 5.16. The lowest BCUT2D eigenvalue weighted by molar-refractivity contribution is -0.134. The minimum atomic E-state index is 0.0803. The van der Waals surface area contributed by atoms with E-state index >= 15 is 0 Å². The lowest BCUT2D eigenvalue weighted by atomic mass is 9.91. The fourth-order valence-electron chi connectivity index (χ4n) is 1.54. The van der Waals surface area contributed by atoms with Crippen molar-refractivity contribution in [3.63, 3.8) is 0 Å². The summed E-state index contributed by atoms with van der Waals surface area (Å²) in [6.45, 7) is 9.38. The summed E-state index contributed by atoms with van der Waals surface area (Å²) in [6, 6.07) is 0. The summed E-state index contributed by atoms with van der Waals surface area (Å²) in [5.41, 5.74) is 0.0803. The predicted octanol–water partition coefficient (Wildman–Crippen LogP) is 0.441. The summed E-state index contributed by atoms with van der Waals surface area (Å²) < 4.78 is 0. The molecule has 1 rings (SSSR count). The van der Waals surface area contributed by atoms with Crippen molar-refractivity contribution in [2.45, 2.75) is 27.2 Å². The number of hydrazine groups is 1. The van der Waals surface area contributed by atoms with E-state index < -0.39 is 0 Å². The third-order valence-corrected chi connectivity index (χ3v) is 2.35. The van der Waals surface area contributed by atoms with Gasteiger partial charge in [-0.05, 0) is 5.41 Å². The second-order valence-corrected chi connectivity index (χ2v) is 5.15. The fourth-order valence-corrected chi connectivity index (χ4v) is 1.54. The van der Waals surface area contributed by atoms with E-state index in [1.165, 1.54) is 0 Å². The molecule has 82 valence electrons. The zero-order valence-corrected chi connectivity index (χ0v) is 9.42. The van der Waals surface area contributed by atoms with Crippen LogP contribution >= 0.6 is 0 Å². The summed E-state index contributed by atoms with van der Waals surface area (Å²) in [5.74, 6) is 5.87. The molecule has 1 heterocycles. The molecule has 0 aromatic carbocycles. The topological polar surface area (TPSA) is 49.6 Å². The molecule has 0 aromatic heterocycles. The SMILES string of the molecule is CC(C)(C)CC(=O)N1CCN(N)CC1. The van der Waals surface area contributed by atoms with Gasteiger partial charge in [0, 0.05) is 32.6 Å². The molecule has 0 saturated carbocycles. The number of amides is 1. The van der Waals surface area contributed by atoms with Crippen LogP contribution in [-0.2, 0) is 4.79 Å². The maximum atomic E-state index is 11.8. The second-order valence-electron chi connectivity index (χ2n) is 5.15. The number of hydrogen-bond acceptors (Lipinski definition) is 3. The van der Waals surface area contributed by atoms with Gasteiger partial charge in [-0.3, -0.25) is 10.6 Å². The van der Waals surface area contributed by atoms with Gasteiger partial charge in [-0.2, -0.15) is 0 Å². The van der Waals surface area contributed by atoms with Crippen LogP contribution in [0.15, 0.2) is 0 Å². The maximum Gasteiger partial charge on any atom is 0.223 e. The Labute approximate surface area is 86.0 Å². The number of nitrogens with two attached hydrogens (primary N) is 1. The molecule has 4 nitrogen and oxygen atoms in total. The molecule has 0 bridgehead atoms. The van der Waals surface area contributed by atoms with E-state index in [-0.39, 0.29) is 11.3 Å². The minimum Gasteiger partial charge on any atom is -0.340 e. The zero-order valence-electron chi connectivity index (χ0n) is 9.42. The molecule has 14 heavy (non-hydrogen) atoms. The first-order valence-electron chi connectivity index (χ1n) is 5.16. The molecule has 1 fully saturated rings. The van der Waals surface area contributed by atoms with Gasteiger partial charge >= 0.3 is 0 Å². The van der Waals surface area contributed by atoms with Crippen LogP contribution in [0.1, 0.15) is 27.2 Å². The largest absolute Gasteiger partial charge is 0.340 e. The summed E-state index contributed by atoms with van der Waals surface area (Å²) in [5, 5.41) is 1.76. The maximum absolute atomic E-state index is 11.8. The highest BCUT2D eigenvalue weighted by atomic mass is 16.2. The quantitative estimate of drug-likeness (QED) is 0.623. The molecular formula is C10H21N3O. The summed E-state index contributed by atoms with van der Waals surface area (Å²) in [6.07, 6.45) is 0.623. The lowest BCUT2D eigenvalue weighted by Gasteiger charge is -2.33. The Kier molecular flexibility index (Phi) is 3.50. The first kappa shape index (κ1) is 11.5. The third kappa shape index (κ3) is 3.64. The zero-order chi connectivity index (χ0) is 10.8. The van der Waals surface area contributed by atoms with Crippen LogP contribution < -0.4 is 5.84 Å². The van der Waals surface area contributed by atoms with Gasteiger partial charge < -0.3 is 4.90 Å². The Balaban J connectivity index is 2.38. The predicted molar refractivity (Wildman–Crippen MR) is 56.4 cm³/mol. The fraction of sp³-hybridized carbons (Fsp3) is 0.900. The van der Waals surface area contributed by atoms with Crippen molar-refractivity contribution in [1.82, 2.24) is 9.91 Å². The van der Waals surface area contributed by atoms with Gasteiger partial charge in [0.1, 0.15) is 0 Å². The number of rotatable bonds is 1. The molecule has 0 unspecified atom stereocenters. The Hall–Kier alpha value is -0.610. The van der Waals surface area contributed by atoms with Crippen LogP contribution in [0, 0.1) is 5.41 Å². The van der Waals surface area contributed by atoms with Gasteiger partial charge in [0.25, 0.3) is 0 Å². The van der Waals surface area contributed by atoms with E-state index in [2.05, 4.69) is 20.8 Å². The third-order valence-electron chi connectivity index (χ3n) is 2.35. The van der Waals surface area contributed by atoms with Crippen molar-refractivity contribution in [3.05, 3.63) is 0 Å². The number of piperazine rings is 1. The molecule has 1 saturated heterocycles. The van der Waals surface area contributed by atoms with E-state index in [0.29, 0.717) is 6.42 Å². The monoisotopic (exact) mass is 199 g/mol. The van der Waals surface area contributed by atoms with Crippen molar-refractivity contribution >= 4 is 5.91 Å². The van der Waals surface area contributed by atoms with E-state index in [4.69, 9.17) is 5.84 Å². The normalized spacial score (nSPS) is 19.9. The van der Waals surface area contributed by atoms with Crippen molar-refractivity contribution < 1.29 is 4.79 Å². The standard InChI is InChI=1S/C10H21N3O/c1-10(2,3)8-9(14)12-4-6-13(11)7-5-12/h4-8,11H2,1-3H3. The van der Waals surface area contributed by atoms with Crippen LogP contribution in [0.25, 0.3) is 0 Å². The van der Waals surface area contributed by atoms with Crippen LogP contribution in [0.4, 0.5) is 0 Å². The van der Waals surface area contributed by atoms with E-state index in [1.54, 1.807) is 5.01 Å². The van der Waals surface area contributed by atoms with E-state index in [0.717, 1.165) is 26.2 Å². The van der Waals surface area contributed by atoms with Gasteiger partial charge in [-0.1, -0.05) is 20.8 Å². The Morgan fingerprint density at radius 1 is 1.21 bits per heavy atom. The van der Waals surface area contributed by atoms with E-state index in [1.807, 2.05) is 4.90 Å². The number of carbonyl (C=O) groups excluding carboxylic acids is 1. The van der Waals surface area contributed by atoms with Crippen LogP contribution in [0.2, 0.25) is 0 Å². The van der Waals surface area contributed by atoms with Gasteiger partial charge in [-0.15, -0.1) is 0 Å². The molecule has 1 aliphatic rings. The van der Waals surface area contributed by atoms with Gasteiger partial charge in [0.05, 0.1) is 0 Å². The van der Waals surface area contributed by atoms with Gasteiger partial charge in [-0.25, -0.2) is 5.01 Å². The Morgan fingerprint density at radius 3 is 2.14 bits per heavy atom. The second kappa shape index (κ2) is 4.28. The highest BCUT2D eigenvalue weighted by molar-refractivity contribution is 5.76. The van der Waals surface area contributed by atoms with Gasteiger partial charge in [0.2, 0.25) is 5.91 Å². The van der Waals surface area contributed by atoms with Crippen molar-refractivity contribution in [2.24, 2.45) is 11.3 Å². The number of nitrogens with zero attached hydrogens (tertiary/aromatic N) is 2. The Bertz CT molecular complexity index is 202. The molecule has 0 radical (unpaired) electrons. The average Bonchev–Trinajstić information content (AvgIpc) is 2.02. The van der Waals surface area contributed by atoms with Crippen LogP contribution in [0.3, 0.4) is 0 Å². The molecule has 1 aliphatic heterocycles. The van der Waals surface area contributed by atoms with Crippen LogP contribution in [0.5, 0.6) is 0 Å². The van der Waals surface area contributed by atoms with Gasteiger partial charge in [0.15, 0.2) is 0 Å². The lowest BCUT2D eigenvalue weighted by Crippen LogP contribution is -2.51. The first-order chi connectivity index (χ1) is 6.38. The van der Waals surface area contributed by atoms with Crippen molar-refractivity contribution in [1.29, 1.82) is 0 Å². The molecule has 0 aliphatic carbocycles. The highest BCUT2D eigenvalue weighted by Gasteiger charge is 2.23. The molecule has 4 heteroatoms. The molecular weight excluding hydrogens is 178 g/mol. The summed E-state index contributed by atoms with van der Waals surface area (Å²) in [7, 11) is 0. The van der Waals surface area contributed by atoms with Crippen molar-refractivity contribution in [3.8, 4) is 0 Å². The van der Waals surface area contributed by atoms with Crippen molar-refractivity contribution in [2.75, 3.05) is 26.2 Å². The summed E-state index contributed by atoms with van der Waals surface area (Å²) >= 11 is 0. The summed E-state index contributed by atoms with van der Waals surface area (Å²) in [4.78, 5) is 13.7. The van der Waals surface area contributed by atoms with Crippen LogP contribution in [-0.4, -0.2) is 42.0 Å². The molecule has 2 N–H and O–H groups in total. The molecule has 0 spiro atoms. The van der Waals surface area contributed by atoms with E-state index in [9.17, 15) is 4.79 Å². The number of carbonyl (C=O) groups is 1. The Morgan fingerprint density at radius 2 is 1.71 bits per heavy atom. The minimum absolute atomic E-state index is 0.0803. The average molecular weight is 199 g/mol.